The third kappa shape index (κ3) is 4.20. The smallest absolute Gasteiger partial charge is 0.240 e. The Hall–Kier alpha value is -1.33. The van der Waals surface area contributed by atoms with Gasteiger partial charge in [-0.3, -0.25) is 0 Å². The van der Waals surface area contributed by atoms with Crippen LogP contribution in [0.25, 0.3) is 0 Å². The molecule has 0 aromatic heterocycles. The minimum Gasteiger partial charge on any atom is -0.388 e. The van der Waals surface area contributed by atoms with Crippen molar-refractivity contribution >= 4 is 15.7 Å². The first-order valence-corrected chi connectivity index (χ1v) is 6.97. The molecule has 94 valence electrons. The number of hydrogen-bond donors (Lipinski definition) is 2. The van der Waals surface area contributed by atoms with Gasteiger partial charge < -0.3 is 5.32 Å². The average molecular weight is 254 g/mol. The van der Waals surface area contributed by atoms with E-state index in [1.807, 2.05) is 19.1 Å². The van der Waals surface area contributed by atoms with E-state index in [0.717, 1.165) is 5.69 Å². The zero-order valence-electron chi connectivity index (χ0n) is 10.1. The second-order valence-corrected chi connectivity index (χ2v) is 5.30. The highest BCUT2D eigenvalue weighted by molar-refractivity contribution is 7.89. The van der Waals surface area contributed by atoms with Crippen molar-refractivity contribution in [3.8, 4) is 0 Å². The molecule has 0 aliphatic carbocycles. The van der Waals surface area contributed by atoms with Crippen LogP contribution in [0.5, 0.6) is 0 Å². The van der Waals surface area contributed by atoms with Crippen molar-refractivity contribution < 1.29 is 8.42 Å². The molecule has 0 aliphatic heterocycles. The van der Waals surface area contributed by atoms with Crippen molar-refractivity contribution in [2.24, 2.45) is 0 Å². The number of anilines is 1. The molecule has 17 heavy (non-hydrogen) atoms. The fourth-order valence-corrected chi connectivity index (χ4v) is 2.38. The van der Waals surface area contributed by atoms with Gasteiger partial charge in [-0.05, 0) is 37.6 Å². The van der Waals surface area contributed by atoms with Crippen molar-refractivity contribution in [3.63, 3.8) is 0 Å². The summed E-state index contributed by atoms with van der Waals surface area (Å²) in [5.74, 6) is 0. The Balaban J connectivity index is 2.68. The van der Waals surface area contributed by atoms with E-state index in [2.05, 4.69) is 10.0 Å². The van der Waals surface area contributed by atoms with E-state index in [0.29, 0.717) is 13.0 Å². The van der Waals surface area contributed by atoms with Crippen LogP contribution in [0, 0.1) is 0 Å². The fraction of sp³-hybridized carbons (Fsp3) is 0.333. The monoisotopic (exact) mass is 254 g/mol. The van der Waals surface area contributed by atoms with E-state index < -0.39 is 10.0 Å². The Morgan fingerprint density at radius 3 is 2.41 bits per heavy atom. The lowest BCUT2D eigenvalue weighted by Crippen LogP contribution is -2.24. The first-order chi connectivity index (χ1) is 8.10. The van der Waals surface area contributed by atoms with E-state index in [9.17, 15) is 8.42 Å². The van der Waals surface area contributed by atoms with Crippen LogP contribution in [0.1, 0.15) is 13.3 Å². The Labute approximate surface area is 103 Å². The summed E-state index contributed by atoms with van der Waals surface area (Å²) in [6, 6.07) is 6.65. The molecule has 0 saturated heterocycles. The van der Waals surface area contributed by atoms with Crippen LogP contribution in [0.15, 0.2) is 41.3 Å². The molecular weight excluding hydrogens is 236 g/mol. The minimum absolute atomic E-state index is 0.289. The van der Waals surface area contributed by atoms with Crippen molar-refractivity contribution in [1.29, 1.82) is 0 Å². The summed E-state index contributed by atoms with van der Waals surface area (Å²) >= 11 is 0. The summed E-state index contributed by atoms with van der Waals surface area (Å²) in [6.07, 6.45) is 4.52. The molecule has 1 rings (SSSR count). The maximum Gasteiger partial charge on any atom is 0.240 e. The molecule has 0 fully saturated rings. The highest BCUT2D eigenvalue weighted by Gasteiger charge is 2.12. The lowest BCUT2D eigenvalue weighted by molar-refractivity contribution is 0.582. The Bertz CT molecular complexity index is 464. The maximum atomic E-state index is 11.8. The summed E-state index contributed by atoms with van der Waals surface area (Å²) in [7, 11) is -1.59. The molecule has 1 aromatic rings. The van der Waals surface area contributed by atoms with Gasteiger partial charge in [0, 0.05) is 19.3 Å². The van der Waals surface area contributed by atoms with E-state index >= 15 is 0 Å². The number of hydrogen-bond acceptors (Lipinski definition) is 3. The van der Waals surface area contributed by atoms with Gasteiger partial charge in [0.1, 0.15) is 0 Å². The summed E-state index contributed by atoms with van der Waals surface area (Å²) in [4.78, 5) is 0.289. The third-order valence-corrected chi connectivity index (χ3v) is 3.77. The number of allylic oxidation sites excluding steroid dienone is 1. The van der Waals surface area contributed by atoms with E-state index in [-0.39, 0.29) is 4.90 Å². The standard InChI is InChI=1S/C12H18N2O2S/c1-3-4-5-10-14-17(15,16)12-8-6-11(13-2)7-9-12/h3-4,6-9,13-14H,5,10H2,1-2H3/b4-3+. The molecule has 0 radical (unpaired) electrons. The normalized spacial score (nSPS) is 11.9. The fourth-order valence-electron chi connectivity index (χ4n) is 1.33. The van der Waals surface area contributed by atoms with Crippen LogP contribution < -0.4 is 10.0 Å². The van der Waals surface area contributed by atoms with Gasteiger partial charge in [-0.25, -0.2) is 13.1 Å². The van der Waals surface area contributed by atoms with Crippen LogP contribution in [-0.2, 0) is 10.0 Å². The van der Waals surface area contributed by atoms with Crippen molar-refractivity contribution in [1.82, 2.24) is 4.72 Å². The predicted octanol–water partition coefficient (Wildman–Crippen LogP) is 1.97. The van der Waals surface area contributed by atoms with Gasteiger partial charge in [-0.1, -0.05) is 12.2 Å². The predicted molar refractivity (Wildman–Crippen MR) is 70.6 cm³/mol. The van der Waals surface area contributed by atoms with Crippen LogP contribution in [0.3, 0.4) is 0 Å². The van der Waals surface area contributed by atoms with Gasteiger partial charge in [0.15, 0.2) is 0 Å². The number of rotatable bonds is 6. The van der Waals surface area contributed by atoms with Gasteiger partial charge in [-0.15, -0.1) is 0 Å². The van der Waals surface area contributed by atoms with Gasteiger partial charge in [-0.2, -0.15) is 0 Å². The topological polar surface area (TPSA) is 58.2 Å². The van der Waals surface area contributed by atoms with Crippen LogP contribution >= 0.6 is 0 Å². The van der Waals surface area contributed by atoms with E-state index in [1.54, 1.807) is 31.3 Å². The van der Waals surface area contributed by atoms with Gasteiger partial charge >= 0.3 is 0 Å². The zero-order valence-corrected chi connectivity index (χ0v) is 10.9. The van der Waals surface area contributed by atoms with Crippen molar-refractivity contribution in [2.45, 2.75) is 18.2 Å². The highest BCUT2D eigenvalue weighted by atomic mass is 32.2. The van der Waals surface area contributed by atoms with E-state index in [1.165, 1.54) is 0 Å². The van der Waals surface area contributed by atoms with Crippen LogP contribution in [0.2, 0.25) is 0 Å². The van der Waals surface area contributed by atoms with Crippen molar-refractivity contribution in [2.75, 3.05) is 18.9 Å². The molecular formula is C12H18N2O2S. The molecule has 0 saturated carbocycles. The Morgan fingerprint density at radius 2 is 1.88 bits per heavy atom. The SMILES string of the molecule is C/C=C/CCNS(=O)(=O)c1ccc(NC)cc1. The minimum atomic E-state index is -3.38. The molecule has 0 aliphatic rings. The lowest BCUT2D eigenvalue weighted by atomic mass is 10.3. The Kier molecular flexibility index (Phi) is 5.18. The molecule has 0 unspecified atom stereocenters. The first-order valence-electron chi connectivity index (χ1n) is 5.49. The summed E-state index contributed by atoms with van der Waals surface area (Å²) in [5, 5.41) is 2.94. The second-order valence-electron chi connectivity index (χ2n) is 3.53. The average Bonchev–Trinajstić information content (AvgIpc) is 2.35. The molecule has 1 aromatic carbocycles. The zero-order chi connectivity index (χ0) is 12.7. The molecule has 0 bridgehead atoms. The van der Waals surface area contributed by atoms with Gasteiger partial charge in [0.25, 0.3) is 0 Å². The largest absolute Gasteiger partial charge is 0.388 e. The molecule has 0 amide bonds. The quantitative estimate of drug-likeness (QED) is 0.603. The highest BCUT2D eigenvalue weighted by Crippen LogP contribution is 2.13. The molecule has 4 nitrogen and oxygen atoms in total. The Morgan fingerprint density at radius 1 is 1.24 bits per heavy atom. The second kappa shape index (κ2) is 6.42. The van der Waals surface area contributed by atoms with Crippen LogP contribution in [-0.4, -0.2) is 22.0 Å². The van der Waals surface area contributed by atoms with Gasteiger partial charge in [0.05, 0.1) is 4.90 Å². The molecule has 0 heterocycles. The first kappa shape index (κ1) is 13.7. The number of nitrogens with one attached hydrogen (secondary N) is 2. The molecule has 2 N–H and O–H groups in total. The number of benzene rings is 1. The molecule has 5 heteroatoms. The van der Waals surface area contributed by atoms with E-state index in [4.69, 9.17) is 0 Å². The number of sulfonamides is 1. The summed E-state index contributed by atoms with van der Waals surface area (Å²) in [6.45, 7) is 2.32. The summed E-state index contributed by atoms with van der Waals surface area (Å²) in [5.41, 5.74) is 0.887. The lowest BCUT2D eigenvalue weighted by Gasteiger charge is -2.06. The third-order valence-electron chi connectivity index (χ3n) is 2.29. The van der Waals surface area contributed by atoms with Crippen LogP contribution in [0.4, 0.5) is 5.69 Å². The van der Waals surface area contributed by atoms with Crippen molar-refractivity contribution in [3.05, 3.63) is 36.4 Å². The maximum absolute atomic E-state index is 11.8. The molecule has 0 spiro atoms. The molecule has 0 atom stereocenters. The van der Waals surface area contributed by atoms with Gasteiger partial charge in [0.2, 0.25) is 10.0 Å². The summed E-state index contributed by atoms with van der Waals surface area (Å²) < 4.78 is 26.2.